The standard InChI is InChI=1S/C14H21N/c1-6-12-9(2)7-8-13-10(3)11(4)15(5)14(12)13/h7-9,12H,6H2,1-5H3. The third-order valence-electron chi connectivity index (χ3n) is 4.08. The molecule has 0 saturated heterocycles. The van der Waals surface area contributed by atoms with Crippen LogP contribution in [0.15, 0.2) is 6.08 Å². The molecule has 1 aliphatic carbocycles. The van der Waals surface area contributed by atoms with Gasteiger partial charge in [-0.15, -0.1) is 0 Å². The fourth-order valence-corrected chi connectivity index (χ4v) is 2.86. The minimum Gasteiger partial charge on any atom is -0.351 e. The molecule has 1 heteroatoms. The van der Waals surface area contributed by atoms with E-state index in [1.807, 2.05) is 0 Å². The van der Waals surface area contributed by atoms with E-state index in [0.717, 1.165) is 0 Å². The van der Waals surface area contributed by atoms with Crippen molar-refractivity contribution >= 4 is 6.08 Å². The van der Waals surface area contributed by atoms with E-state index in [1.165, 1.54) is 23.2 Å². The summed E-state index contributed by atoms with van der Waals surface area (Å²) in [5.41, 5.74) is 5.88. The molecule has 2 atom stereocenters. The second-order valence-electron chi connectivity index (χ2n) is 4.80. The van der Waals surface area contributed by atoms with Crippen molar-refractivity contribution < 1.29 is 0 Å². The van der Waals surface area contributed by atoms with Crippen LogP contribution in [0, 0.1) is 19.8 Å². The van der Waals surface area contributed by atoms with Gasteiger partial charge in [-0.3, -0.25) is 0 Å². The van der Waals surface area contributed by atoms with Crippen LogP contribution in [0.4, 0.5) is 0 Å². The molecule has 0 radical (unpaired) electrons. The Labute approximate surface area is 92.8 Å². The first-order valence-corrected chi connectivity index (χ1v) is 5.91. The second kappa shape index (κ2) is 3.55. The van der Waals surface area contributed by atoms with Gasteiger partial charge >= 0.3 is 0 Å². The Hall–Kier alpha value is -0.980. The lowest BCUT2D eigenvalue weighted by Gasteiger charge is -2.26. The van der Waals surface area contributed by atoms with Gasteiger partial charge in [0.15, 0.2) is 0 Å². The van der Waals surface area contributed by atoms with E-state index >= 15 is 0 Å². The third kappa shape index (κ3) is 1.37. The number of rotatable bonds is 1. The summed E-state index contributed by atoms with van der Waals surface area (Å²) in [6, 6.07) is 0. The Kier molecular flexibility index (Phi) is 2.49. The first-order chi connectivity index (χ1) is 7.07. The smallest absolute Gasteiger partial charge is 0.0286 e. The van der Waals surface area contributed by atoms with Gasteiger partial charge in [-0.1, -0.05) is 26.0 Å². The Bertz CT molecular complexity index is 409. The van der Waals surface area contributed by atoms with Crippen LogP contribution in [0.2, 0.25) is 0 Å². The van der Waals surface area contributed by atoms with Crippen LogP contribution in [0.3, 0.4) is 0 Å². The van der Waals surface area contributed by atoms with Gasteiger partial charge in [0.1, 0.15) is 0 Å². The van der Waals surface area contributed by atoms with Gasteiger partial charge in [-0.05, 0) is 37.3 Å². The van der Waals surface area contributed by atoms with Crippen molar-refractivity contribution in [3.05, 3.63) is 28.6 Å². The Morgan fingerprint density at radius 3 is 2.60 bits per heavy atom. The maximum Gasteiger partial charge on any atom is 0.0286 e. The quantitative estimate of drug-likeness (QED) is 0.654. The average molecular weight is 203 g/mol. The molecule has 1 aliphatic rings. The molecule has 0 N–H and O–H groups in total. The van der Waals surface area contributed by atoms with Crippen molar-refractivity contribution in [2.75, 3.05) is 0 Å². The molecule has 1 heterocycles. The second-order valence-corrected chi connectivity index (χ2v) is 4.80. The number of hydrogen-bond donors (Lipinski definition) is 0. The molecule has 0 spiro atoms. The van der Waals surface area contributed by atoms with Crippen LogP contribution in [-0.4, -0.2) is 4.57 Å². The molecule has 1 aromatic heterocycles. The summed E-state index contributed by atoms with van der Waals surface area (Å²) >= 11 is 0. The lowest BCUT2D eigenvalue weighted by atomic mass is 9.82. The summed E-state index contributed by atoms with van der Waals surface area (Å²) in [6.07, 6.45) is 5.91. The highest BCUT2D eigenvalue weighted by molar-refractivity contribution is 5.62. The molecule has 1 nitrogen and oxygen atoms in total. The predicted octanol–water partition coefficient (Wildman–Crippen LogP) is 3.80. The van der Waals surface area contributed by atoms with Crippen LogP contribution in [-0.2, 0) is 7.05 Å². The highest BCUT2D eigenvalue weighted by Gasteiger charge is 2.26. The fraction of sp³-hybridized carbons (Fsp3) is 0.571. The Morgan fingerprint density at radius 2 is 2.00 bits per heavy atom. The highest BCUT2D eigenvalue weighted by Crippen LogP contribution is 2.39. The van der Waals surface area contributed by atoms with Gasteiger partial charge in [0.05, 0.1) is 0 Å². The highest BCUT2D eigenvalue weighted by atomic mass is 15.0. The van der Waals surface area contributed by atoms with Gasteiger partial charge in [0.25, 0.3) is 0 Å². The summed E-state index contributed by atoms with van der Waals surface area (Å²) in [7, 11) is 2.20. The molecule has 0 amide bonds. The minimum atomic E-state index is 0.676. The molecule has 15 heavy (non-hydrogen) atoms. The zero-order valence-electron chi connectivity index (χ0n) is 10.5. The van der Waals surface area contributed by atoms with Crippen LogP contribution in [0.25, 0.3) is 6.08 Å². The van der Waals surface area contributed by atoms with E-state index in [2.05, 4.69) is 51.5 Å². The van der Waals surface area contributed by atoms with Gasteiger partial charge in [-0.2, -0.15) is 0 Å². The minimum absolute atomic E-state index is 0.676. The van der Waals surface area contributed by atoms with E-state index in [4.69, 9.17) is 0 Å². The van der Waals surface area contributed by atoms with E-state index in [9.17, 15) is 0 Å². The van der Waals surface area contributed by atoms with Gasteiger partial charge in [0, 0.05) is 24.4 Å². The maximum atomic E-state index is 2.39. The van der Waals surface area contributed by atoms with Gasteiger partial charge < -0.3 is 4.57 Å². The summed E-state index contributed by atoms with van der Waals surface area (Å²) in [6.45, 7) is 9.08. The molecular formula is C14H21N. The lowest BCUT2D eigenvalue weighted by Crippen LogP contribution is -2.15. The molecule has 0 fully saturated rings. The van der Waals surface area contributed by atoms with Crippen LogP contribution in [0.5, 0.6) is 0 Å². The van der Waals surface area contributed by atoms with Crippen molar-refractivity contribution in [1.29, 1.82) is 0 Å². The van der Waals surface area contributed by atoms with Crippen molar-refractivity contribution in [1.82, 2.24) is 4.57 Å². The van der Waals surface area contributed by atoms with Crippen LogP contribution < -0.4 is 0 Å². The van der Waals surface area contributed by atoms with E-state index in [0.29, 0.717) is 11.8 Å². The number of allylic oxidation sites excluding steroid dienone is 1. The summed E-state index contributed by atoms with van der Waals surface area (Å²) < 4.78 is 2.39. The van der Waals surface area contributed by atoms with Crippen LogP contribution >= 0.6 is 0 Å². The van der Waals surface area contributed by atoms with E-state index in [1.54, 1.807) is 5.69 Å². The largest absolute Gasteiger partial charge is 0.351 e. The Morgan fingerprint density at radius 1 is 1.33 bits per heavy atom. The monoisotopic (exact) mass is 203 g/mol. The molecule has 1 aromatic rings. The van der Waals surface area contributed by atoms with Crippen molar-refractivity contribution in [2.45, 2.75) is 40.0 Å². The fourth-order valence-electron chi connectivity index (χ4n) is 2.86. The normalized spacial score (nSPS) is 24.3. The number of aromatic nitrogens is 1. The lowest BCUT2D eigenvalue weighted by molar-refractivity contribution is 0.497. The predicted molar refractivity (Wildman–Crippen MR) is 66.1 cm³/mol. The molecule has 2 unspecified atom stereocenters. The first-order valence-electron chi connectivity index (χ1n) is 5.91. The molecular weight excluding hydrogens is 182 g/mol. The number of nitrogens with zero attached hydrogens (tertiary/aromatic N) is 1. The molecule has 82 valence electrons. The average Bonchev–Trinajstić information content (AvgIpc) is 2.44. The molecule has 0 bridgehead atoms. The zero-order chi connectivity index (χ0) is 11.2. The van der Waals surface area contributed by atoms with Crippen LogP contribution in [0.1, 0.15) is 48.7 Å². The zero-order valence-corrected chi connectivity index (χ0v) is 10.5. The summed E-state index contributed by atoms with van der Waals surface area (Å²) in [5, 5.41) is 0. The van der Waals surface area contributed by atoms with Gasteiger partial charge in [0.2, 0.25) is 0 Å². The van der Waals surface area contributed by atoms with Crippen molar-refractivity contribution in [2.24, 2.45) is 13.0 Å². The van der Waals surface area contributed by atoms with Gasteiger partial charge in [-0.25, -0.2) is 0 Å². The van der Waals surface area contributed by atoms with Crippen molar-refractivity contribution in [3.63, 3.8) is 0 Å². The third-order valence-corrected chi connectivity index (χ3v) is 4.08. The summed E-state index contributed by atoms with van der Waals surface area (Å²) in [5.74, 6) is 1.37. The molecule has 0 aromatic carbocycles. The Balaban J connectivity index is 2.65. The maximum absolute atomic E-state index is 2.39. The molecule has 0 aliphatic heterocycles. The molecule has 0 saturated carbocycles. The van der Waals surface area contributed by atoms with Crippen molar-refractivity contribution in [3.8, 4) is 0 Å². The van der Waals surface area contributed by atoms with E-state index < -0.39 is 0 Å². The summed E-state index contributed by atoms with van der Waals surface area (Å²) in [4.78, 5) is 0. The van der Waals surface area contributed by atoms with E-state index in [-0.39, 0.29) is 0 Å². The topological polar surface area (TPSA) is 4.93 Å². The first kappa shape index (κ1) is 10.5. The number of hydrogen-bond acceptors (Lipinski definition) is 0. The molecule has 2 rings (SSSR count). The number of fused-ring (bicyclic) bond motifs is 1. The SMILES string of the molecule is CCC1c2c(c(C)c(C)n2C)C=CC1C.